The number of carbonyl (C=O) groups is 2. The van der Waals surface area contributed by atoms with Gasteiger partial charge in [-0.2, -0.15) is 0 Å². The molecule has 1 atom stereocenters. The van der Waals surface area contributed by atoms with Gasteiger partial charge in [0.05, 0.1) is 11.9 Å². The number of rotatable bonds is 12. The summed E-state index contributed by atoms with van der Waals surface area (Å²) < 4.78 is 26.1. The second-order valence-corrected chi connectivity index (χ2v) is 10.7. The van der Waals surface area contributed by atoms with Crippen LogP contribution in [0.4, 0.5) is 5.69 Å². The predicted octanol–water partition coefficient (Wildman–Crippen LogP) is 4.48. The Bertz CT molecular complexity index is 1060. The maximum atomic E-state index is 13.5. The Morgan fingerprint density at radius 3 is 2.03 bits per heavy atom. The van der Waals surface area contributed by atoms with Crippen molar-refractivity contribution >= 4 is 50.7 Å². The molecule has 0 heterocycles. The van der Waals surface area contributed by atoms with E-state index in [0.29, 0.717) is 28.7 Å². The number of nitrogens with zero attached hydrogens (tertiary/aromatic N) is 2. The first-order chi connectivity index (χ1) is 16.1. The van der Waals surface area contributed by atoms with Crippen LogP contribution in [-0.2, 0) is 26.2 Å². The molecule has 7 nitrogen and oxygen atoms in total. The third-order valence-corrected chi connectivity index (χ3v) is 6.92. The minimum absolute atomic E-state index is 0.133. The summed E-state index contributed by atoms with van der Waals surface area (Å²) in [7, 11) is -3.78. The molecule has 2 aromatic rings. The summed E-state index contributed by atoms with van der Waals surface area (Å²) >= 11 is 11.9. The fraction of sp³-hybridized carbons (Fsp3) is 0.417. The van der Waals surface area contributed by atoms with Crippen LogP contribution in [0.25, 0.3) is 0 Å². The summed E-state index contributed by atoms with van der Waals surface area (Å²) in [6.07, 6.45) is 3.16. The molecule has 0 unspecified atom stereocenters. The molecule has 0 aromatic heterocycles. The number of hydrogen-bond donors (Lipinski definition) is 1. The molecule has 0 bridgehead atoms. The Morgan fingerprint density at radius 2 is 1.53 bits per heavy atom. The topological polar surface area (TPSA) is 86.8 Å². The van der Waals surface area contributed by atoms with Crippen LogP contribution in [0.5, 0.6) is 0 Å². The van der Waals surface area contributed by atoms with E-state index in [1.807, 2.05) is 13.8 Å². The fourth-order valence-corrected chi connectivity index (χ4v) is 4.53. The van der Waals surface area contributed by atoms with Gasteiger partial charge in [-0.3, -0.25) is 13.9 Å². The number of unbranched alkanes of at least 4 members (excludes halogenated alkanes) is 1. The van der Waals surface area contributed by atoms with E-state index in [1.54, 1.807) is 36.4 Å². The molecule has 1 N–H and O–H groups in total. The van der Waals surface area contributed by atoms with Gasteiger partial charge in [0.25, 0.3) is 0 Å². The predicted molar refractivity (Wildman–Crippen MR) is 138 cm³/mol. The molecule has 34 heavy (non-hydrogen) atoms. The minimum Gasteiger partial charge on any atom is -0.354 e. The average Bonchev–Trinajstić information content (AvgIpc) is 2.78. The highest BCUT2D eigenvalue weighted by Gasteiger charge is 2.31. The molecule has 0 aliphatic carbocycles. The molecule has 0 aliphatic rings. The number of amides is 2. The van der Waals surface area contributed by atoms with Gasteiger partial charge in [-0.15, -0.1) is 0 Å². The van der Waals surface area contributed by atoms with Crippen molar-refractivity contribution in [1.82, 2.24) is 10.2 Å². The number of nitrogens with one attached hydrogen (secondary N) is 1. The molecule has 0 radical (unpaired) electrons. The molecular weight excluding hydrogens is 497 g/mol. The van der Waals surface area contributed by atoms with Crippen LogP contribution >= 0.6 is 23.2 Å². The quantitative estimate of drug-likeness (QED) is 0.412. The Labute approximate surface area is 212 Å². The molecule has 0 saturated heterocycles. The average molecular weight is 529 g/mol. The monoisotopic (exact) mass is 527 g/mol. The fourth-order valence-electron chi connectivity index (χ4n) is 3.43. The number of benzene rings is 2. The van der Waals surface area contributed by atoms with Gasteiger partial charge in [-0.1, -0.05) is 55.6 Å². The van der Waals surface area contributed by atoms with E-state index in [0.717, 1.165) is 29.0 Å². The second kappa shape index (κ2) is 13.0. The van der Waals surface area contributed by atoms with Crippen LogP contribution in [0.1, 0.15) is 38.7 Å². The first-order valence-corrected chi connectivity index (χ1v) is 13.7. The number of carbonyl (C=O) groups excluding carboxylic acids is 2. The summed E-state index contributed by atoms with van der Waals surface area (Å²) in [5.74, 6) is -0.761. The van der Waals surface area contributed by atoms with E-state index in [1.165, 1.54) is 17.0 Å². The molecule has 10 heteroatoms. The largest absolute Gasteiger partial charge is 0.354 e. The van der Waals surface area contributed by atoms with Crippen LogP contribution < -0.4 is 9.62 Å². The SMILES string of the molecule is CCCCNC(=O)[C@H](CC)N(Cc1ccc(Cl)cc1)C(=O)CN(c1ccc(Cl)cc1)S(C)(=O)=O. The van der Waals surface area contributed by atoms with Gasteiger partial charge in [-0.05, 0) is 54.8 Å². The third-order valence-electron chi connectivity index (χ3n) is 5.28. The Kier molecular flexibility index (Phi) is 10.7. The van der Waals surface area contributed by atoms with Gasteiger partial charge >= 0.3 is 0 Å². The van der Waals surface area contributed by atoms with Crippen LogP contribution in [0.3, 0.4) is 0 Å². The van der Waals surface area contributed by atoms with Gasteiger partial charge in [-0.25, -0.2) is 8.42 Å². The lowest BCUT2D eigenvalue weighted by atomic mass is 10.1. The van der Waals surface area contributed by atoms with Crippen molar-refractivity contribution in [2.75, 3.05) is 23.7 Å². The summed E-state index contributed by atoms with van der Waals surface area (Å²) in [5, 5.41) is 3.89. The zero-order valence-electron chi connectivity index (χ0n) is 19.6. The van der Waals surface area contributed by atoms with Crippen LogP contribution in [-0.4, -0.2) is 50.5 Å². The maximum Gasteiger partial charge on any atom is 0.244 e. The number of halogens is 2. The molecule has 0 fully saturated rings. The van der Waals surface area contributed by atoms with Crippen LogP contribution in [0.15, 0.2) is 48.5 Å². The van der Waals surface area contributed by atoms with Crippen molar-refractivity contribution < 1.29 is 18.0 Å². The lowest BCUT2D eigenvalue weighted by Crippen LogP contribution is -2.52. The van der Waals surface area contributed by atoms with Crippen molar-refractivity contribution in [1.29, 1.82) is 0 Å². The molecule has 0 spiro atoms. The Balaban J connectivity index is 2.37. The molecule has 2 amide bonds. The third kappa shape index (κ3) is 8.18. The van der Waals surface area contributed by atoms with Gasteiger partial charge in [0.2, 0.25) is 21.8 Å². The number of hydrogen-bond acceptors (Lipinski definition) is 4. The Morgan fingerprint density at radius 1 is 0.971 bits per heavy atom. The highest BCUT2D eigenvalue weighted by atomic mass is 35.5. The maximum absolute atomic E-state index is 13.5. The van der Waals surface area contributed by atoms with Crippen LogP contribution in [0.2, 0.25) is 10.0 Å². The summed E-state index contributed by atoms with van der Waals surface area (Å²) in [6, 6.07) is 12.4. The molecule has 2 rings (SSSR count). The first kappa shape index (κ1) is 28.0. The van der Waals surface area contributed by atoms with E-state index in [4.69, 9.17) is 23.2 Å². The molecular formula is C24H31Cl2N3O4S. The van der Waals surface area contributed by atoms with Crippen molar-refractivity contribution in [3.8, 4) is 0 Å². The number of anilines is 1. The number of sulfonamides is 1. The van der Waals surface area contributed by atoms with Crippen molar-refractivity contribution in [2.24, 2.45) is 0 Å². The Hall–Kier alpha value is -2.29. The normalized spacial score (nSPS) is 12.1. The zero-order valence-corrected chi connectivity index (χ0v) is 22.0. The molecule has 186 valence electrons. The van der Waals surface area contributed by atoms with E-state index in [-0.39, 0.29) is 12.5 Å². The lowest BCUT2D eigenvalue weighted by molar-refractivity contribution is -0.140. The van der Waals surface area contributed by atoms with Crippen molar-refractivity contribution in [3.05, 3.63) is 64.1 Å². The highest BCUT2D eigenvalue weighted by molar-refractivity contribution is 7.92. The molecule has 0 aliphatic heterocycles. The van der Waals surface area contributed by atoms with Gasteiger partial charge < -0.3 is 10.2 Å². The van der Waals surface area contributed by atoms with Crippen molar-refractivity contribution in [2.45, 2.75) is 45.7 Å². The second-order valence-electron chi connectivity index (χ2n) is 7.96. The van der Waals surface area contributed by atoms with E-state index in [2.05, 4.69) is 5.32 Å². The van der Waals surface area contributed by atoms with E-state index < -0.39 is 28.5 Å². The summed E-state index contributed by atoms with van der Waals surface area (Å²) in [4.78, 5) is 27.9. The minimum atomic E-state index is -3.78. The van der Waals surface area contributed by atoms with Gasteiger partial charge in [0.1, 0.15) is 12.6 Å². The molecule has 2 aromatic carbocycles. The van der Waals surface area contributed by atoms with Crippen molar-refractivity contribution in [3.63, 3.8) is 0 Å². The first-order valence-electron chi connectivity index (χ1n) is 11.1. The van der Waals surface area contributed by atoms with Gasteiger partial charge in [0.15, 0.2) is 0 Å². The lowest BCUT2D eigenvalue weighted by Gasteiger charge is -2.33. The standard InChI is InChI=1S/C24H31Cl2N3O4S/c1-4-6-15-27-24(31)22(5-2)28(16-18-7-9-19(25)10-8-18)23(30)17-29(34(3,32)33)21-13-11-20(26)12-14-21/h7-14,22H,4-6,15-17H2,1-3H3,(H,27,31)/t22-/m0/s1. The van der Waals surface area contributed by atoms with E-state index >= 15 is 0 Å². The molecule has 0 saturated carbocycles. The highest BCUT2D eigenvalue weighted by Crippen LogP contribution is 2.22. The van der Waals surface area contributed by atoms with Crippen LogP contribution in [0, 0.1) is 0 Å². The summed E-state index contributed by atoms with van der Waals surface area (Å²) in [6.45, 7) is 4.03. The van der Waals surface area contributed by atoms with E-state index in [9.17, 15) is 18.0 Å². The smallest absolute Gasteiger partial charge is 0.244 e. The zero-order chi connectivity index (χ0) is 25.3. The van der Waals surface area contributed by atoms with Gasteiger partial charge in [0, 0.05) is 23.1 Å². The summed E-state index contributed by atoms with van der Waals surface area (Å²) in [5.41, 5.74) is 1.09.